The molecule has 2 rings (SSSR count). The van der Waals surface area contributed by atoms with E-state index in [2.05, 4.69) is 9.97 Å². The van der Waals surface area contributed by atoms with Crippen LogP contribution in [0.3, 0.4) is 0 Å². The van der Waals surface area contributed by atoms with Gasteiger partial charge >= 0.3 is 0 Å². The predicted octanol–water partition coefficient (Wildman–Crippen LogP) is 2.36. The summed E-state index contributed by atoms with van der Waals surface area (Å²) in [4.78, 5) is 8.13. The smallest absolute Gasteiger partial charge is 0.214 e. The van der Waals surface area contributed by atoms with Gasteiger partial charge in [-0.25, -0.2) is 4.98 Å². The van der Waals surface area contributed by atoms with Crippen molar-refractivity contribution in [2.24, 2.45) is 0 Å². The Kier molecular flexibility index (Phi) is 1.82. The molecule has 5 heteroatoms. The number of nitrogens with zero attached hydrogens (tertiary/aromatic N) is 1. The molecule has 0 radical (unpaired) electrons. The van der Waals surface area contributed by atoms with E-state index in [1.165, 1.54) is 11.3 Å². The second-order valence-corrected chi connectivity index (χ2v) is 3.89. The van der Waals surface area contributed by atoms with Crippen molar-refractivity contribution in [1.82, 2.24) is 9.97 Å². The molecule has 2 heterocycles. The summed E-state index contributed by atoms with van der Waals surface area (Å²) in [7, 11) is 1.60. The fraction of sp³-hybridized carbons (Fsp3) is 0.143. The summed E-state index contributed by atoms with van der Waals surface area (Å²) in [6.07, 6.45) is 0. The van der Waals surface area contributed by atoms with Gasteiger partial charge in [-0.1, -0.05) is 11.3 Å². The number of nitrogens with one attached hydrogen (secondary N) is 1. The highest BCUT2D eigenvalue weighted by Gasteiger charge is 1.99. The molecule has 0 aliphatic heterocycles. The Morgan fingerprint density at radius 1 is 1.58 bits per heavy atom. The summed E-state index contributed by atoms with van der Waals surface area (Å²) < 4.78 is 5.72. The third-order valence-corrected chi connectivity index (χ3v) is 2.61. The molecule has 12 heavy (non-hydrogen) atoms. The van der Waals surface area contributed by atoms with Crippen LogP contribution in [0.5, 0.6) is 5.88 Å². The van der Waals surface area contributed by atoms with Crippen molar-refractivity contribution in [2.75, 3.05) is 7.11 Å². The molecular weight excluding hydrogens is 192 g/mol. The number of ether oxygens (including phenoxy) is 1. The van der Waals surface area contributed by atoms with Crippen molar-refractivity contribution < 1.29 is 4.74 Å². The Morgan fingerprint density at radius 2 is 2.42 bits per heavy atom. The highest BCUT2D eigenvalue weighted by molar-refractivity contribution is 7.73. The minimum Gasteiger partial charge on any atom is -0.481 e. The van der Waals surface area contributed by atoms with Crippen LogP contribution in [-0.2, 0) is 0 Å². The Bertz CT molecular complexity index is 460. The molecule has 0 aliphatic rings. The first kappa shape index (κ1) is 7.70. The molecule has 0 saturated carbocycles. The van der Waals surface area contributed by atoms with Gasteiger partial charge in [0.2, 0.25) is 5.88 Å². The van der Waals surface area contributed by atoms with E-state index in [0.29, 0.717) is 5.88 Å². The first-order chi connectivity index (χ1) is 5.79. The Balaban J connectivity index is 2.74. The fourth-order valence-electron chi connectivity index (χ4n) is 0.933. The Hall–Kier alpha value is -0.940. The van der Waals surface area contributed by atoms with Crippen LogP contribution >= 0.6 is 23.6 Å². The molecule has 62 valence electrons. The minimum absolute atomic E-state index is 0.618. The lowest BCUT2D eigenvalue weighted by atomic mass is 10.4. The summed E-state index contributed by atoms with van der Waals surface area (Å²) >= 11 is 6.42. The zero-order valence-corrected chi connectivity index (χ0v) is 7.96. The van der Waals surface area contributed by atoms with Crippen LogP contribution < -0.4 is 4.74 Å². The van der Waals surface area contributed by atoms with E-state index in [9.17, 15) is 0 Å². The number of hydrogen-bond donors (Lipinski definition) is 1. The standard InChI is InChI=1S/C7H6N2OS2/c1-10-5-3-2-4-6(9-5)12-7(11)8-4/h2-3H,1H3,(H,8,11). The van der Waals surface area contributed by atoms with Crippen molar-refractivity contribution in [3.8, 4) is 5.88 Å². The van der Waals surface area contributed by atoms with E-state index in [1.54, 1.807) is 13.2 Å². The van der Waals surface area contributed by atoms with Gasteiger partial charge in [0.15, 0.2) is 3.95 Å². The van der Waals surface area contributed by atoms with Crippen LogP contribution in [0.4, 0.5) is 0 Å². The zero-order chi connectivity index (χ0) is 8.55. The van der Waals surface area contributed by atoms with E-state index in [4.69, 9.17) is 17.0 Å². The number of rotatable bonds is 1. The average Bonchev–Trinajstić information content (AvgIpc) is 2.43. The second-order valence-electron chi connectivity index (χ2n) is 2.22. The lowest BCUT2D eigenvalue weighted by molar-refractivity contribution is 0.400. The third kappa shape index (κ3) is 1.21. The molecule has 0 spiro atoms. The molecule has 3 nitrogen and oxygen atoms in total. The van der Waals surface area contributed by atoms with Gasteiger partial charge in [0.05, 0.1) is 12.6 Å². The van der Waals surface area contributed by atoms with E-state index in [0.717, 1.165) is 14.3 Å². The predicted molar refractivity (Wildman–Crippen MR) is 51.4 cm³/mol. The number of methoxy groups -OCH3 is 1. The molecular formula is C7H6N2OS2. The van der Waals surface area contributed by atoms with Crippen molar-refractivity contribution in [3.63, 3.8) is 0 Å². The molecule has 0 aromatic carbocycles. The van der Waals surface area contributed by atoms with Gasteiger partial charge in [-0.2, -0.15) is 0 Å². The summed E-state index contributed by atoms with van der Waals surface area (Å²) in [6.45, 7) is 0. The summed E-state index contributed by atoms with van der Waals surface area (Å²) in [5.41, 5.74) is 0.964. The van der Waals surface area contributed by atoms with Gasteiger partial charge in [0.1, 0.15) is 4.83 Å². The second kappa shape index (κ2) is 2.84. The molecule has 0 bridgehead atoms. The first-order valence-electron chi connectivity index (χ1n) is 3.33. The lowest BCUT2D eigenvalue weighted by Crippen LogP contribution is -1.85. The Labute approximate surface area is 78.0 Å². The minimum atomic E-state index is 0.618. The molecule has 0 fully saturated rings. The number of pyridine rings is 1. The normalized spacial score (nSPS) is 10.4. The lowest BCUT2D eigenvalue weighted by Gasteiger charge is -1.95. The van der Waals surface area contributed by atoms with Gasteiger partial charge in [-0.15, -0.1) is 0 Å². The monoisotopic (exact) mass is 198 g/mol. The van der Waals surface area contributed by atoms with Crippen LogP contribution in [0, 0.1) is 3.95 Å². The molecule has 2 aromatic rings. The van der Waals surface area contributed by atoms with Gasteiger partial charge in [0.25, 0.3) is 0 Å². The van der Waals surface area contributed by atoms with E-state index < -0.39 is 0 Å². The SMILES string of the molecule is COc1ccc2[nH]c(=S)sc2n1. The highest BCUT2D eigenvalue weighted by atomic mass is 32.1. The number of aromatic amines is 1. The van der Waals surface area contributed by atoms with Crippen molar-refractivity contribution in [2.45, 2.75) is 0 Å². The third-order valence-electron chi connectivity index (χ3n) is 1.47. The molecule has 0 amide bonds. The number of aromatic nitrogens is 2. The number of H-pyrrole nitrogens is 1. The fourth-order valence-corrected chi connectivity index (χ4v) is 1.98. The molecule has 0 saturated heterocycles. The zero-order valence-electron chi connectivity index (χ0n) is 6.33. The molecule has 0 aliphatic carbocycles. The van der Waals surface area contributed by atoms with Crippen molar-refractivity contribution in [1.29, 1.82) is 0 Å². The topological polar surface area (TPSA) is 37.9 Å². The van der Waals surface area contributed by atoms with E-state index in [-0.39, 0.29) is 0 Å². The largest absolute Gasteiger partial charge is 0.481 e. The van der Waals surface area contributed by atoms with Crippen LogP contribution in [0.25, 0.3) is 10.3 Å². The van der Waals surface area contributed by atoms with Crippen LogP contribution in [0.1, 0.15) is 0 Å². The number of hydrogen-bond acceptors (Lipinski definition) is 4. The molecule has 0 unspecified atom stereocenters. The maximum atomic E-state index is 4.98. The molecule has 1 N–H and O–H groups in total. The van der Waals surface area contributed by atoms with Crippen molar-refractivity contribution in [3.05, 3.63) is 16.1 Å². The van der Waals surface area contributed by atoms with Crippen LogP contribution in [0.2, 0.25) is 0 Å². The van der Waals surface area contributed by atoms with E-state index in [1.807, 2.05) is 6.07 Å². The quantitative estimate of drug-likeness (QED) is 0.715. The maximum absolute atomic E-state index is 4.98. The maximum Gasteiger partial charge on any atom is 0.214 e. The van der Waals surface area contributed by atoms with Crippen LogP contribution in [-0.4, -0.2) is 17.1 Å². The van der Waals surface area contributed by atoms with Crippen LogP contribution in [0.15, 0.2) is 12.1 Å². The molecule has 2 aromatic heterocycles. The number of thiazole rings is 1. The summed E-state index contributed by atoms with van der Waals surface area (Å²) in [5.74, 6) is 0.618. The molecule has 0 atom stereocenters. The van der Waals surface area contributed by atoms with Gasteiger partial charge in [-0.3, -0.25) is 0 Å². The van der Waals surface area contributed by atoms with Gasteiger partial charge < -0.3 is 9.72 Å². The first-order valence-corrected chi connectivity index (χ1v) is 4.56. The average molecular weight is 198 g/mol. The summed E-state index contributed by atoms with van der Waals surface area (Å²) in [6, 6.07) is 3.72. The van der Waals surface area contributed by atoms with Gasteiger partial charge in [0, 0.05) is 6.07 Å². The summed E-state index contributed by atoms with van der Waals surface area (Å²) in [5, 5.41) is 0. The van der Waals surface area contributed by atoms with E-state index >= 15 is 0 Å². The van der Waals surface area contributed by atoms with Crippen molar-refractivity contribution >= 4 is 33.9 Å². The highest BCUT2D eigenvalue weighted by Crippen LogP contribution is 2.19. The van der Waals surface area contributed by atoms with Gasteiger partial charge in [-0.05, 0) is 18.3 Å². The number of fused-ring (bicyclic) bond motifs is 1. The Morgan fingerprint density at radius 3 is 3.17 bits per heavy atom.